The topological polar surface area (TPSA) is 97.0 Å². The first-order valence-corrected chi connectivity index (χ1v) is 10.3. The van der Waals surface area contributed by atoms with E-state index in [1.54, 1.807) is 0 Å². The Bertz CT molecular complexity index is 519. The van der Waals surface area contributed by atoms with E-state index < -0.39 is 0 Å². The van der Waals surface area contributed by atoms with Crippen LogP contribution in [0.1, 0.15) is 38.5 Å². The smallest absolute Gasteiger partial charge is 0.317 e. The van der Waals surface area contributed by atoms with Crippen LogP contribution >= 0.6 is 0 Å². The average Bonchev–Trinajstić information content (AvgIpc) is 3.41. The highest BCUT2D eigenvalue weighted by molar-refractivity contribution is 5.78. The lowest BCUT2D eigenvalue weighted by atomic mass is 10.2. The fourth-order valence-corrected chi connectivity index (χ4v) is 4.87. The number of carbonyl (C=O) groups excluding carboxylic acids is 3. The van der Waals surface area contributed by atoms with Crippen molar-refractivity contribution in [3.63, 3.8) is 0 Å². The maximum atomic E-state index is 12.6. The number of fused-ring (bicyclic) bond motifs is 3. The highest BCUT2D eigenvalue weighted by Crippen LogP contribution is 2.21. The zero-order valence-corrected chi connectivity index (χ0v) is 15.8. The number of urea groups is 3. The number of hydrogen-bond donors (Lipinski definition) is 3. The van der Waals surface area contributed by atoms with Crippen LogP contribution in [-0.4, -0.2) is 90.2 Å². The van der Waals surface area contributed by atoms with E-state index in [0.717, 1.165) is 38.5 Å². The largest absolute Gasteiger partial charge is 0.336 e. The predicted molar refractivity (Wildman–Crippen MR) is 99.4 cm³/mol. The first kappa shape index (κ1) is 18.2. The highest BCUT2D eigenvalue weighted by Gasteiger charge is 2.35. The van der Waals surface area contributed by atoms with Crippen LogP contribution in [0.15, 0.2) is 0 Å². The van der Waals surface area contributed by atoms with Crippen LogP contribution in [0, 0.1) is 0 Å². The number of nitrogens with zero attached hydrogens (tertiary/aromatic N) is 3. The van der Waals surface area contributed by atoms with Crippen LogP contribution in [-0.2, 0) is 0 Å². The van der Waals surface area contributed by atoms with Crippen LogP contribution < -0.4 is 16.0 Å². The molecule has 0 bridgehead atoms. The van der Waals surface area contributed by atoms with E-state index in [1.807, 2.05) is 14.7 Å². The molecule has 0 aromatic heterocycles. The second-order valence-corrected chi connectivity index (χ2v) is 8.03. The Labute approximate surface area is 159 Å². The zero-order valence-electron chi connectivity index (χ0n) is 15.8. The maximum Gasteiger partial charge on any atom is 0.317 e. The molecule has 9 heteroatoms. The van der Waals surface area contributed by atoms with E-state index in [2.05, 4.69) is 16.0 Å². The van der Waals surface area contributed by atoms with Gasteiger partial charge in [-0.1, -0.05) is 0 Å². The molecular weight excluding hydrogens is 348 g/mol. The van der Waals surface area contributed by atoms with Crippen LogP contribution in [0.2, 0.25) is 0 Å². The lowest BCUT2D eigenvalue weighted by Gasteiger charge is -2.28. The lowest BCUT2D eigenvalue weighted by molar-refractivity contribution is 0.179. The van der Waals surface area contributed by atoms with E-state index in [-0.39, 0.29) is 36.2 Å². The SMILES string of the molecule is O=C1NCC2CCCN2C(=O)NCC2CCCN2C(=O)NCC2CCCN12. The first-order chi connectivity index (χ1) is 13.1. The summed E-state index contributed by atoms with van der Waals surface area (Å²) in [6.07, 6.45) is 5.60. The second kappa shape index (κ2) is 7.82. The van der Waals surface area contributed by atoms with Crippen molar-refractivity contribution in [3.8, 4) is 0 Å². The van der Waals surface area contributed by atoms with Gasteiger partial charge >= 0.3 is 18.1 Å². The van der Waals surface area contributed by atoms with Crippen LogP contribution in [0.3, 0.4) is 0 Å². The maximum absolute atomic E-state index is 12.6. The molecular formula is C18H30N6O3. The summed E-state index contributed by atoms with van der Waals surface area (Å²) in [7, 11) is 0. The van der Waals surface area contributed by atoms with Gasteiger partial charge in [0, 0.05) is 39.3 Å². The predicted octanol–water partition coefficient (Wildman–Crippen LogP) is 0.522. The molecule has 0 aliphatic carbocycles. The van der Waals surface area contributed by atoms with Gasteiger partial charge in [-0.2, -0.15) is 0 Å². The lowest BCUT2D eigenvalue weighted by Crippen LogP contribution is -2.51. The molecule has 150 valence electrons. The quantitative estimate of drug-likeness (QED) is 0.573. The van der Waals surface area contributed by atoms with Crippen molar-refractivity contribution in [2.24, 2.45) is 0 Å². The van der Waals surface area contributed by atoms with Gasteiger partial charge in [-0.15, -0.1) is 0 Å². The van der Waals surface area contributed by atoms with Crippen molar-refractivity contribution in [1.82, 2.24) is 30.7 Å². The number of rotatable bonds is 0. The summed E-state index contributed by atoms with van der Waals surface area (Å²) >= 11 is 0. The van der Waals surface area contributed by atoms with Crippen molar-refractivity contribution in [2.45, 2.75) is 56.7 Å². The van der Waals surface area contributed by atoms with Gasteiger partial charge in [-0.25, -0.2) is 14.4 Å². The molecule has 4 rings (SSSR count). The normalized spacial score (nSPS) is 32.7. The van der Waals surface area contributed by atoms with E-state index in [0.29, 0.717) is 39.3 Å². The summed E-state index contributed by atoms with van der Waals surface area (Å²) in [6, 6.07) is -0.146. The fraction of sp³-hybridized carbons (Fsp3) is 0.833. The summed E-state index contributed by atoms with van der Waals surface area (Å²) < 4.78 is 0. The van der Waals surface area contributed by atoms with E-state index in [1.165, 1.54) is 0 Å². The Morgan fingerprint density at radius 3 is 1.15 bits per heavy atom. The second-order valence-electron chi connectivity index (χ2n) is 8.03. The third kappa shape index (κ3) is 3.77. The molecule has 4 aliphatic heterocycles. The van der Waals surface area contributed by atoms with Gasteiger partial charge in [-0.3, -0.25) is 0 Å². The minimum atomic E-state index is -0.0899. The molecule has 0 spiro atoms. The van der Waals surface area contributed by atoms with Crippen molar-refractivity contribution in [3.05, 3.63) is 0 Å². The third-order valence-corrected chi connectivity index (χ3v) is 6.38. The molecule has 0 aromatic rings. The minimum Gasteiger partial charge on any atom is -0.336 e. The van der Waals surface area contributed by atoms with Gasteiger partial charge in [0.15, 0.2) is 0 Å². The Hall–Kier alpha value is -2.19. The van der Waals surface area contributed by atoms with Gasteiger partial charge < -0.3 is 30.7 Å². The van der Waals surface area contributed by atoms with Crippen molar-refractivity contribution < 1.29 is 14.4 Å². The van der Waals surface area contributed by atoms with E-state index in [4.69, 9.17) is 0 Å². The summed E-state index contributed by atoms with van der Waals surface area (Å²) in [6.45, 7) is 3.60. The molecule has 3 unspecified atom stereocenters. The monoisotopic (exact) mass is 378 g/mol. The Kier molecular flexibility index (Phi) is 5.27. The zero-order chi connectivity index (χ0) is 18.8. The number of carbonyl (C=O) groups is 3. The fourth-order valence-electron chi connectivity index (χ4n) is 4.87. The third-order valence-electron chi connectivity index (χ3n) is 6.38. The summed E-state index contributed by atoms with van der Waals surface area (Å²) in [5.41, 5.74) is 0. The first-order valence-electron chi connectivity index (χ1n) is 10.3. The van der Waals surface area contributed by atoms with Crippen molar-refractivity contribution in [2.75, 3.05) is 39.3 Å². The molecule has 3 N–H and O–H groups in total. The van der Waals surface area contributed by atoms with E-state index in [9.17, 15) is 14.4 Å². The van der Waals surface area contributed by atoms with Gasteiger partial charge in [0.2, 0.25) is 0 Å². The molecule has 0 aromatic carbocycles. The van der Waals surface area contributed by atoms with Crippen molar-refractivity contribution >= 4 is 18.1 Å². The molecule has 4 saturated heterocycles. The van der Waals surface area contributed by atoms with Gasteiger partial charge in [-0.05, 0) is 38.5 Å². The van der Waals surface area contributed by atoms with Gasteiger partial charge in [0.1, 0.15) is 0 Å². The molecule has 9 nitrogen and oxygen atoms in total. The van der Waals surface area contributed by atoms with Crippen LogP contribution in [0.25, 0.3) is 0 Å². The highest BCUT2D eigenvalue weighted by atomic mass is 16.2. The van der Waals surface area contributed by atoms with Crippen LogP contribution in [0.5, 0.6) is 0 Å². The average molecular weight is 378 g/mol. The summed E-state index contributed by atoms with van der Waals surface area (Å²) in [5.74, 6) is 0. The Morgan fingerprint density at radius 2 is 0.852 bits per heavy atom. The van der Waals surface area contributed by atoms with Gasteiger partial charge in [0.05, 0.1) is 18.1 Å². The standard InChI is InChI=1S/C18H30N6O3/c25-16-20-11-14-5-2-9-24(14)18(27)21-12-15-6-3-8-23(15)17(26)19-10-13-4-1-7-22(13)16/h13-15H,1-12H2,(H,19,26)(H,20,25)(H,21,27). The summed E-state index contributed by atoms with van der Waals surface area (Å²) in [4.78, 5) is 43.4. The Balaban J connectivity index is 1.51. The molecule has 6 amide bonds. The minimum absolute atomic E-state index is 0.0413. The van der Waals surface area contributed by atoms with E-state index >= 15 is 0 Å². The van der Waals surface area contributed by atoms with Crippen molar-refractivity contribution in [1.29, 1.82) is 0 Å². The Morgan fingerprint density at radius 1 is 0.556 bits per heavy atom. The number of nitrogens with one attached hydrogen (secondary N) is 3. The summed E-state index contributed by atoms with van der Waals surface area (Å²) in [5, 5.41) is 9.03. The number of amides is 6. The molecule has 4 fully saturated rings. The molecule has 4 heterocycles. The van der Waals surface area contributed by atoms with Crippen LogP contribution in [0.4, 0.5) is 14.4 Å². The number of hydrogen-bond acceptors (Lipinski definition) is 3. The molecule has 3 atom stereocenters. The van der Waals surface area contributed by atoms with Gasteiger partial charge in [0.25, 0.3) is 0 Å². The molecule has 4 aliphatic rings. The molecule has 0 saturated carbocycles. The molecule has 0 radical (unpaired) electrons. The molecule has 27 heavy (non-hydrogen) atoms.